The highest BCUT2D eigenvalue weighted by Gasteiger charge is 2.26. The van der Waals surface area contributed by atoms with Crippen LogP contribution in [-0.4, -0.2) is 40.6 Å². The van der Waals surface area contributed by atoms with Gasteiger partial charge in [-0.2, -0.15) is 0 Å². The number of benzene rings is 2. The molecule has 1 aliphatic rings. The number of anilines is 1. The van der Waals surface area contributed by atoms with Crippen LogP contribution in [0.2, 0.25) is 0 Å². The van der Waals surface area contributed by atoms with Crippen LogP contribution in [0.3, 0.4) is 0 Å². The molecule has 166 valence electrons. The molecule has 0 bridgehead atoms. The summed E-state index contributed by atoms with van der Waals surface area (Å²) in [5.74, 6) is -0.873. The first-order valence-electron chi connectivity index (χ1n) is 9.96. The van der Waals surface area contributed by atoms with Crippen LogP contribution in [0.4, 0.5) is 5.69 Å². The number of rotatable bonds is 7. The Kier molecular flexibility index (Phi) is 6.97. The molecule has 1 fully saturated rings. The number of methoxy groups -OCH3 is 2. The minimum atomic E-state index is -3.86. The molecular weight excluding hydrogens is 420 g/mol. The Bertz CT molecular complexity index is 1090. The largest absolute Gasteiger partial charge is 0.495 e. The Morgan fingerprint density at radius 3 is 2.32 bits per heavy atom. The molecule has 0 unspecified atom stereocenters. The zero-order valence-corrected chi connectivity index (χ0v) is 18.5. The van der Waals surface area contributed by atoms with Crippen molar-refractivity contribution in [1.29, 1.82) is 0 Å². The van der Waals surface area contributed by atoms with Crippen molar-refractivity contribution in [2.45, 2.75) is 43.5 Å². The second-order valence-corrected chi connectivity index (χ2v) is 9.13. The minimum Gasteiger partial charge on any atom is -0.495 e. The van der Waals surface area contributed by atoms with Crippen LogP contribution in [0.5, 0.6) is 5.75 Å². The van der Waals surface area contributed by atoms with Crippen molar-refractivity contribution in [3.8, 4) is 5.75 Å². The van der Waals surface area contributed by atoms with Crippen molar-refractivity contribution in [3.63, 3.8) is 0 Å². The summed E-state index contributed by atoms with van der Waals surface area (Å²) in [5, 5.41) is 2.73. The molecule has 0 radical (unpaired) electrons. The van der Waals surface area contributed by atoms with Crippen LogP contribution < -0.4 is 14.8 Å². The molecular formula is C22H26N2O6S. The van der Waals surface area contributed by atoms with Gasteiger partial charge in [-0.05, 0) is 55.7 Å². The van der Waals surface area contributed by atoms with Gasteiger partial charge in [0.15, 0.2) is 0 Å². The number of ether oxygens (including phenoxy) is 2. The normalized spacial score (nSPS) is 14.3. The zero-order valence-electron chi connectivity index (χ0n) is 17.7. The number of carbonyl (C=O) groups excluding carboxylic acids is 2. The van der Waals surface area contributed by atoms with Gasteiger partial charge in [0, 0.05) is 17.3 Å². The summed E-state index contributed by atoms with van der Waals surface area (Å²) < 4.78 is 38.5. The molecule has 8 nitrogen and oxygen atoms in total. The molecule has 0 spiro atoms. The number of carbonyl (C=O) groups is 2. The smallest absolute Gasteiger partial charge is 0.337 e. The van der Waals surface area contributed by atoms with Crippen molar-refractivity contribution in [2.24, 2.45) is 0 Å². The van der Waals surface area contributed by atoms with E-state index in [9.17, 15) is 18.0 Å². The Balaban J connectivity index is 1.89. The van der Waals surface area contributed by atoms with Crippen LogP contribution in [0.25, 0.3) is 0 Å². The second kappa shape index (κ2) is 9.49. The van der Waals surface area contributed by atoms with Gasteiger partial charge >= 0.3 is 5.97 Å². The molecule has 3 rings (SSSR count). The average molecular weight is 447 g/mol. The fraction of sp³-hybridized carbons (Fsp3) is 0.364. The quantitative estimate of drug-likeness (QED) is 0.632. The third kappa shape index (κ3) is 5.23. The summed E-state index contributed by atoms with van der Waals surface area (Å²) in [7, 11) is -1.20. The first kappa shape index (κ1) is 22.8. The van der Waals surface area contributed by atoms with E-state index in [1.165, 1.54) is 38.5 Å². The van der Waals surface area contributed by atoms with E-state index in [-0.39, 0.29) is 22.3 Å². The van der Waals surface area contributed by atoms with E-state index in [0.717, 1.165) is 31.2 Å². The monoisotopic (exact) mass is 446 g/mol. The Labute approximate surface area is 182 Å². The number of sulfonamides is 1. The maximum atomic E-state index is 12.9. The maximum absolute atomic E-state index is 12.9. The van der Waals surface area contributed by atoms with Crippen molar-refractivity contribution in [2.75, 3.05) is 19.5 Å². The van der Waals surface area contributed by atoms with Gasteiger partial charge in [0.1, 0.15) is 10.6 Å². The van der Waals surface area contributed by atoms with E-state index < -0.39 is 21.9 Å². The van der Waals surface area contributed by atoms with Gasteiger partial charge < -0.3 is 14.8 Å². The maximum Gasteiger partial charge on any atom is 0.337 e. The van der Waals surface area contributed by atoms with Gasteiger partial charge in [0.05, 0.1) is 19.8 Å². The lowest BCUT2D eigenvalue weighted by molar-refractivity contribution is 0.0600. The molecule has 1 saturated carbocycles. The summed E-state index contributed by atoms with van der Waals surface area (Å²) in [4.78, 5) is 24.5. The van der Waals surface area contributed by atoms with Crippen LogP contribution in [0.15, 0.2) is 41.3 Å². The number of nitrogens with one attached hydrogen (secondary N) is 2. The molecule has 1 aliphatic carbocycles. The second-order valence-electron chi connectivity index (χ2n) is 7.44. The Hall–Kier alpha value is -2.91. The van der Waals surface area contributed by atoms with E-state index in [1.54, 1.807) is 19.1 Å². The third-order valence-electron chi connectivity index (χ3n) is 5.30. The van der Waals surface area contributed by atoms with E-state index in [0.29, 0.717) is 11.3 Å². The molecule has 1 amide bonds. The topological polar surface area (TPSA) is 111 Å². The third-order valence-corrected chi connectivity index (χ3v) is 6.84. The molecule has 2 N–H and O–H groups in total. The van der Waals surface area contributed by atoms with Gasteiger partial charge in [-0.15, -0.1) is 0 Å². The number of esters is 1. The molecule has 9 heteroatoms. The summed E-state index contributed by atoms with van der Waals surface area (Å²) in [6.45, 7) is 1.78. The lowest BCUT2D eigenvalue weighted by Crippen LogP contribution is -2.33. The van der Waals surface area contributed by atoms with E-state index in [4.69, 9.17) is 9.47 Å². The fourth-order valence-corrected chi connectivity index (χ4v) is 5.05. The van der Waals surface area contributed by atoms with Gasteiger partial charge in [0.2, 0.25) is 10.0 Å². The van der Waals surface area contributed by atoms with Crippen LogP contribution in [0, 0.1) is 6.92 Å². The molecule has 0 heterocycles. The molecule has 0 aliphatic heterocycles. The van der Waals surface area contributed by atoms with E-state index in [1.807, 2.05) is 0 Å². The van der Waals surface area contributed by atoms with Crippen molar-refractivity contribution in [3.05, 3.63) is 53.1 Å². The first-order valence-corrected chi connectivity index (χ1v) is 11.4. The Morgan fingerprint density at radius 1 is 1.00 bits per heavy atom. The molecule has 2 aromatic carbocycles. The van der Waals surface area contributed by atoms with Crippen molar-refractivity contribution in [1.82, 2.24) is 4.72 Å². The van der Waals surface area contributed by atoms with Crippen LogP contribution >= 0.6 is 0 Å². The minimum absolute atomic E-state index is 0.0883. The molecule has 0 atom stereocenters. The first-order chi connectivity index (χ1) is 14.7. The zero-order chi connectivity index (χ0) is 22.6. The highest BCUT2D eigenvalue weighted by molar-refractivity contribution is 7.89. The van der Waals surface area contributed by atoms with Crippen LogP contribution in [0.1, 0.15) is 52.0 Å². The molecule has 31 heavy (non-hydrogen) atoms. The van der Waals surface area contributed by atoms with Crippen molar-refractivity contribution >= 4 is 27.6 Å². The lowest BCUT2D eigenvalue weighted by atomic mass is 10.1. The average Bonchev–Trinajstić information content (AvgIpc) is 3.26. The number of amides is 1. The molecule has 0 saturated heterocycles. The molecule has 2 aromatic rings. The van der Waals surface area contributed by atoms with E-state index >= 15 is 0 Å². The highest BCUT2D eigenvalue weighted by atomic mass is 32.2. The number of hydrogen-bond donors (Lipinski definition) is 2. The summed E-state index contributed by atoms with van der Waals surface area (Å²) in [6, 6.07) is 8.93. The summed E-state index contributed by atoms with van der Waals surface area (Å²) in [5.41, 5.74) is 1.61. The van der Waals surface area contributed by atoms with Crippen molar-refractivity contribution < 1.29 is 27.5 Å². The molecule has 0 aromatic heterocycles. The van der Waals surface area contributed by atoms with E-state index in [2.05, 4.69) is 10.0 Å². The van der Waals surface area contributed by atoms with Gasteiger partial charge in [-0.1, -0.05) is 18.9 Å². The van der Waals surface area contributed by atoms with Gasteiger partial charge in [-0.25, -0.2) is 17.9 Å². The lowest BCUT2D eigenvalue weighted by Gasteiger charge is -2.16. The number of aryl methyl sites for hydroxylation is 1. The predicted molar refractivity (Wildman–Crippen MR) is 116 cm³/mol. The van der Waals surface area contributed by atoms with Gasteiger partial charge in [-0.3, -0.25) is 4.79 Å². The summed E-state index contributed by atoms with van der Waals surface area (Å²) in [6.07, 6.45) is 3.54. The Morgan fingerprint density at radius 2 is 1.68 bits per heavy atom. The van der Waals surface area contributed by atoms with Crippen LogP contribution in [-0.2, 0) is 14.8 Å². The highest BCUT2D eigenvalue weighted by Crippen LogP contribution is 2.28. The SMILES string of the molecule is COC(=O)c1ccc(C)c(NC(=O)c2ccc(OC)c(S(=O)(=O)NC3CCCC3)c2)c1. The van der Waals surface area contributed by atoms with Gasteiger partial charge in [0.25, 0.3) is 5.91 Å². The summed E-state index contributed by atoms with van der Waals surface area (Å²) >= 11 is 0. The predicted octanol–water partition coefficient (Wildman–Crippen LogP) is 3.26. The number of hydrogen-bond acceptors (Lipinski definition) is 6. The standard InChI is InChI=1S/C22H26N2O6S/c1-14-8-9-16(22(26)30-3)12-18(14)23-21(25)15-10-11-19(29-2)20(13-15)31(27,28)24-17-6-4-5-7-17/h8-13,17,24H,4-7H2,1-3H3,(H,23,25). The fourth-order valence-electron chi connectivity index (χ4n) is 3.55.